The third-order valence-electron chi connectivity index (χ3n) is 5.07. The summed E-state index contributed by atoms with van der Waals surface area (Å²) >= 11 is 14.0. The number of hydrogen-bond donors (Lipinski definition) is 1. The lowest BCUT2D eigenvalue weighted by atomic mass is 10.2. The number of anilines is 1. The van der Waals surface area contributed by atoms with Gasteiger partial charge in [-0.25, -0.2) is 8.42 Å². The van der Waals surface area contributed by atoms with Crippen LogP contribution in [0.1, 0.15) is 17.5 Å². The van der Waals surface area contributed by atoms with Gasteiger partial charge in [0.2, 0.25) is 5.91 Å². The number of sulfonamides is 1. The maximum Gasteiger partial charge on any atom is 0.264 e. The molecule has 1 amide bonds. The Hall–Kier alpha value is -2.19. The third-order valence-corrected chi connectivity index (χ3v) is 8.60. The van der Waals surface area contributed by atoms with E-state index in [-0.39, 0.29) is 17.3 Å². The summed E-state index contributed by atoms with van der Waals surface area (Å²) in [5, 5.41) is 3.99. The summed E-state index contributed by atoms with van der Waals surface area (Å²) in [6, 6.07) is 20.8. The smallest absolute Gasteiger partial charge is 0.264 e. The standard InChI is InChI=1S/C25H26Cl2N2O3S2/c1-19-23(27)12-6-13-24(19)29(34(31,32)22-10-3-2-4-11-22)17-25(30)28-14-7-15-33-18-20-8-5-9-21(26)16-20/h2-6,8-13,16H,7,14-15,17-18H2,1H3,(H,28,30). The highest BCUT2D eigenvalue weighted by atomic mass is 35.5. The number of nitrogens with one attached hydrogen (secondary N) is 1. The SMILES string of the molecule is Cc1c(Cl)cccc1N(CC(=O)NCCCSCc1cccc(Cl)c1)S(=O)(=O)c1ccccc1. The van der Waals surface area contributed by atoms with E-state index in [1.54, 1.807) is 55.1 Å². The topological polar surface area (TPSA) is 66.5 Å². The number of benzene rings is 3. The molecule has 0 saturated heterocycles. The van der Waals surface area contributed by atoms with E-state index in [1.165, 1.54) is 12.1 Å². The fourth-order valence-electron chi connectivity index (χ4n) is 3.29. The molecule has 34 heavy (non-hydrogen) atoms. The summed E-state index contributed by atoms with van der Waals surface area (Å²) in [5.74, 6) is 1.32. The molecule has 0 aromatic heterocycles. The molecule has 0 unspecified atom stereocenters. The number of halogens is 2. The molecule has 0 heterocycles. The molecule has 0 aliphatic carbocycles. The molecule has 3 aromatic rings. The lowest BCUT2D eigenvalue weighted by molar-refractivity contribution is -0.119. The molecule has 1 N–H and O–H groups in total. The molecule has 0 aliphatic rings. The zero-order valence-corrected chi connectivity index (χ0v) is 21.9. The fourth-order valence-corrected chi connectivity index (χ4v) is 6.08. The highest BCUT2D eigenvalue weighted by Gasteiger charge is 2.28. The highest BCUT2D eigenvalue weighted by molar-refractivity contribution is 7.98. The summed E-state index contributed by atoms with van der Waals surface area (Å²) < 4.78 is 27.9. The summed E-state index contributed by atoms with van der Waals surface area (Å²) in [6.45, 7) is 1.85. The minimum atomic E-state index is -3.96. The number of rotatable bonds is 11. The predicted octanol–water partition coefficient (Wildman–Crippen LogP) is 5.94. The van der Waals surface area contributed by atoms with E-state index in [1.807, 2.05) is 24.3 Å². The van der Waals surface area contributed by atoms with Crippen molar-refractivity contribution in [1.82, 2.24) is 5.32 Å². The maximum absolute atomic E-state index is 13.4. The molecule has 3 aromatic carbocycles. The monoisotopic (exact) mass is 536 g/mol. The first kappa shape index (κ1) is 26.4. The Labute approximate surface area is 215 Å². The zero-order valence-electron chi connectivity index (χ0n) is 18.7. The summed E-state index contributed by atoms with van der Waals surface area (Å²) in [7, 11) is -3.96. The van der Waals surface area contributed by atoms with Gasteiger partial charge in [-0.05, 0) is 66.6 Å². The molecule has 3 rings (SSSR count). The number of carbonyl (C=O) groups is 1. The summed E-state index contributed by atoms with van der Waals surface area (Å²) in [4.78, 5) is 12.8. The number of nitrogens with zero attached hydrogens (tertiary/aromatic N) is 1. The van der Waals surface area contributed by atoms with Crippen molar-refractivity contribution in [1.29, 1.82) is 0 Å². The second-order valence-electron chi connectivity index (χ2n) is 7.59. The van der Waals surface area contributed by atoms with Gasteiger partial charge >= 0.3 is 0 Å². The van der Waals surface area contributed by atoms with Gasteiger partial charge in [0.1, 0.15) is 6.54 Å². The zero-order chi connectivity index (χ0) is 24.6. The van der Waals surface area contributed by atoms with Crippen LogP contribution in [0.5, 0.6) is 0 Å². The van der Waals surface area contributed by atoms with E-state index in [4.69, 9.17) is 23.2 Å². The van der Waals surface area contributed by atoms with E-state index in [0.717, 1.165) is 32.8 Å². The average molecular weight is 538 g/mol. The molecule has 0 aliphatic heterocycles. The van der Waals surface area contributed by atoms with Crippen LogP contribution in [0.2, 0.25) is 10.0 Å². The van der Waals surface area contributed by atoms with Gasteiger partial charge in [-0.2, -0.15) is 11.8 Å². The van der Waals surface area contributed by atoms with E-state index >= 15 is 0 Å². The van der Waals surface area contributed by atoms with Crippen molar-refractivity contribution in [2.45, 2.75) is 24.0 Å². The molecule has 0 fully saturated rings. The Balaban J connectivity index is 1.61. The minimum Gasteiger partial charge on any atom is -0.354 e. The van der Waals surface area contributed by atoms with Crippen LogP contribution in [0.15, 0.2) is 77.7 Å². The number of carbonyl (C=O) groups excluding carboxylic acids is 1. The predicted molar refractivity (Wildman–Crippen MR) is 142 cm³/mol. The van der Waals surface area contributed by atoms with Gasteiger partial charge in [-0.1, -0.05) is 59.6 Å². The first-order valence-corrected chi connectivity index (χ1v) is 14.1. The van der Waals surface area contributed by atoms with Crippen molar-refractivity contribution in [3.63, 3.8) is 0 Å². The van der Waals surface area contributed by atoms with Gasteiger partial charge < -0.3 is 5.32 Å². The van der Waals surface area contributed by atoms with Gasteiger partial charge in [0.15, 0.2) is 0 Å². The molecule has 0 radical (unpaired) electrons. The van der Waals surface area contributed by atoms with Crippen molar-refractivity contribution in [2.24, 2.45) is 0 Å². The quantitative estimate of drug-likeness (QED) is 0.308. The Morgan fingerprint density at radius 3 is 2.47 bits per heavy atom. The highest BCUT2D eigenvalue weighted by Crippen LogP contribution is 2.30. The second kappa shape index (κ2) is 12.5. The van der Waals surface area contributed by atoms with Crippen LogP contribution >= 0.6 is 35.0 Å². The van der Waals surface area contributed by atoms with Crippen LogP contribution in [-0.4, -0.2) is 33.2 Å². The molecule has 5 nitrogen and oxygen atoms in total. The van der Waals surface area contributed by atoms with Crippen molar-refractivity contribution < 1.29 is 13.2 Å². The van der Waals surface area contributed by atoms with Crippen LogP contribution in [-0.2, 0) is 20.6 Å². The van der Waals surface area contributed by atoms with Crippen LogP contribution in [0.3, 0.4) is 0 Å². The van der Waals surface area contributed by atoms with Gasteiger partial charge in [-0.15, -0.1) is 0 Å². The van der Waals surface area contributed by atoms with E-state index < -0.39 is 10.0 Å². The Morgan fingerprint density at radius 2 is 1.74 bits per heavy atom. The molecule has 180 valence electrons. The lowest BCUT2D eigenvalue weighted by Crippen LogP contribution is -2.41. The van der Waals surface area contributed by atoms with Crippen molar-refractivity contribution >= 4 is 56.6 Å². The first-order valence-electron chi connectivity index (χ1n) is 10.7. The van der Waals surface area contributed by atoms with Crippen molar-refractivity contribution in [3.05, 3.63) is 94.0 Å². The average Bonchev–Trinajstić information content (AvgIpc) is 2.82. The maximum atomic E-state index is 13.4. The molecule has 0 bridgehead atoms. The minimum absolute atomic E-state index is 0.111. The van der Waals surface area contributed by atoms with Gasteiger partial charge in [0.25, 0.3) is 10.0 Å². The van der Waals surface area contributed by atoms with E-state index in [2.05, 4.69) is 5.32 Å². The Kier molecular flexibility index (Phi) is 9.71. The second-order valence-corrected chi connectivity index (χ2v) is 11.4. The number of hydrogen-bond acceptors (Lipinski definition) is 4. The number of thioether (sulfide) groups is 1. The molecule has 9 heteroatoms. The molecule has 0 atom stereocenters. The van der Waals surface area contributed by atoms with Crippen LogP contribution in [0, 0.1) is 6.92 Å². The van der Waals surface area contributed by atoms with Gasteiger partial charge in [0.05, 0.1) is 10.6 Å². The molecule has 0 saturated carbocycles. The largest absolute Gasteiger partial charge is 0.354 e. The number of amides is 1. The Morgan fingerprint density at radius 1 is 1.00 bits per heavy atom. The van der Waals surface area contributed by atoms with Crippen LogP contribution < -0.4 is 9.62 Å². The fraction of sp³-hybridized carbons (Fsp3) is 0.240. The van der Waals surface area contributed by atoms with Gasteiger partial charge in [-0.3, -0.25) is 9.10 Å². The van der Waals surface area contributed by atoms with Gasteiger partial charge in [0, 0.05) is 22.3 Å². The summed E-state index contributed by atoms with van der Waals surface area (Å²) in [5.41, 5.74) is 2.12. The lowest BCUT2D eigenvalue weighted by Gasteiger charge is -2.26. The summed E-state index contributed by atoms with van der Waals surface area (Å²) in [6.07, 6.45) is 0.763. The first-order chi connectivity index (χ1) is 16.3. The van der Waals surface area contributed by atoms with Crippen LogP contribution in [0.25, 0.3) is 0 Å². The van der Waals surface area contributed by atoms with Crippen LogP contribution in [0.4, 0.5) is 5.69 Å². The van der Waals surface area contributed by atoms with Crippen molar-refractivity contribution in [3.8, 4) is 0 Å². The molecular formula is C25H26Cl2N2O3S2. The van der Waals surface area contributed by atoms with E-state index in [0.29, 0.717) is 22.8 Å². The molecule has 0 spiro atoms. The van der Waals surface area contributed by atoms with E-state index in [9.17, 15) is 13.2 Å². The third kappa shape index (κ3) is 7.15. The normalized spacial score (nSPS) is 11.3. The Bertz CT molecular complexity index is 1220. The molecular weight excluding hydrogens is 511 g/mol. The van der Waals surface area contributed by atoms with Crippen molar-refractivity contribution in [2.75, 3.05) is 23.1 Å².